The van der Waals surface area contributed by atoms with E-state index in [4.69, 9.17) is 9.47 Å². The van der Waals surface area contributed by atoms with Gasteiger partial charge in [-0.15, -0.1) is 0 Å². The normalized spacial score (nSPS) is 27.0. The number of amides is 1. The molecule has 1 amide bonds. The highest BCUT2D eigenvalue weighted by Crippen LogP contribution is 2.47. The Bertz CT molecular complexity index is 637. The van der Waals surface area contributed by atoms with Crippen LogP contribution in [0.4, 0.5) is 4.79 Å². The number of nitrogens with zero attached hydrogens (tertiary/aromatic N) is 1. The SMILES string of the molecule is C[C@H]1CC2(CCN1C(=O)OC(C)(C)C)OCCc1cccc(O)c12. The van der Waals surface area contributed by atoms with Gasteiger partial charge in [0, 0.05) is 24.6 Å². The van der Waals surface area contributed by atoms with Crippen LogP contribution in [0, 0.1) is 0 Å². The Labute approximate surface area is 143 Å². The minimum atomic E-state index is -0.503. The van der Waals surface area contributed by atoms with Gasteiger partial charge in [0.25, 0.3) is 0 Å². The standard InChI is InChI=1S/C19H27NO4/c1-13-12-19(9-10-20(13)17(22)24-18(2,3)4)16-14(8-11-23-19)6-5-7-15(16)21/h5-7,13,21H,8-12H2,1-4H3/t13-,19?/m0/s1. The van der Waals surface area contributed by atoms with Crippen molar-refractivity contribution in [3.05, 3.63) is 29.3 Å². The number of likely N-dealkylation sites (tertiary alicyclic amines) is 1. The van der Waals surface area contributed by atoms with Crippen molar-refractivity contribution in [3.63, 3.8) is 0 Å². The number of ether oxygens (including phenoxy) is 2. The molecule has 24 heavy (non-hydrogen) atoms. The lowest BCUT2D eigenvalue weighted by atomic mass is 9.76. The van der Waals surface area contributed by atoms with Crippen LogP contribution in [0.1, 0.15) is 51.7 Å². The number of hydrogen-bond acceptors (Lipinski definition) is 4. The van der Waals surface area contributed by atoms with Crippen molar-refractivity contribution in [1.29, 1.82) is 0 Å². The molecule has 132 valence electrons. The number of carbonyl (C=O) groups is 1. The number of carbonyl (C=O) groups excluding carboxylic acids is 1. The monoisotopic (exact) mass is 333 g/mol. The summed E-state index contributed by atoms with van der Waals surface area (Å²) < 4.78 is 11.7. The molecule has 0 saturated carbocycles. The van der Waals surface area contributed by atoms with Crippen LogP contribution < -0.4 is 0 Å². The molecule has 0 aliphatic carbocycles. The van der Waals surface area contributed by atoms with Gasteiger partial charge in [-0.1, -0.05) is 12.1 Å². The molecule has 2 aliphatic rings. The summed E-state index contributed by atoms with van der Waals surface area (Å²) in [6, 6.07) is 5.65. The van der Waals surface area contributed by atoms with E-state index in [1.165, 1.54) is 0 Å². The lowest BCUT2D eigenvalue weighted by Gasteiger charge is -2.48. The zero-order chi connectivity index (χ0) is 17.5. The maximum atomic E-state index is 12.4. The van der Waals surface area contributed by atoms with Gasteiger partial charge in [-0.25, -0.2) is 4.79 Å². The number of piperidine rings is 1. The summed E-state index contributed by atoms with van der Waals surface area (Å²) in [5.41, 5.74) is 1.06. The zero-order valence-electron chi connectivity index (χ0n) is 15.0. The van der Waals surface area contributed by atoms with Crippen LogP contribution in [0.5, 0.6) is 5.75 Å². The summed E-state index contributed by atoms with van der Waals surface area (Å²) in [6.07, 6.45) is 1.87. The number of rotatable bonds is 0. The van der Waals surface area contributed by atoms with Crippen LogP contribution in [-0.4, -0.2) is 40.9 Å². The van der Waals surface area contributed by atoms with Crippen molar-refractivity contribution >= 4 is 6.09 Å². The molecule has 2 heterocycles. The number of phenols is 1. The summed E-state index contributed by atoms with van der Waals surface area (Å²) in [5, 5.41) is 10.4. The fourth-order valence-corrected chi connectivity index (χ4v) is 3.91. The van der Waals surface area contributed by atoms with E-state index in [0.29, 0.717) is 31.7 Å². The molecule has 2 atom stereocenters. The molecule has 1 unspecified atom stereocenters. The summed E-state index contributed by atoms with van der Waals surface area (Å²) in [6.45, 7) is 8.85. The van der Waals surface area contributed by atoms with Crippen LogP contribution in [0.25, 0.3) is 0 Å². The summed E-state index contributed by atoms with van der Waals surface area (Å²) in [4.78, 5) is 14.2. The first-order valence-electron chi connectivity index (χ1n) is 8.67. The van der Waals surface area contributed by atoms with E-state index >= 15 is 0 Å². The minimum Gasteiger partial charge on any atom is -0.508 e. The van der Waals surface area contributed by atoms with Gasteiger partial charge in [-0.3, -0.25) is 0 Å². The topological polar surface area (TPSA) is 59.0 Å². The van der Waals surface area contributed by atoms with Gasteiger partial charge in [0.1, 0.15) is 17.0 Å². The average molecular weight is 333 g/mol. The Hall–Kier alpha value is -1.75. The average Bonchev–Trinajstić information content (AvgIpc) is 2.45. The third-order valence-corrected chi connectivity index (χ3v) is 4.88. The van der Waals surface area contributed by atoms with Gasteiger partial charge in [-0.2, -0.15) is 0 Å². The molecule has 1 aromatic rings. The molecule has 5 heteroatoms. The molecular formula is C19H27NO4. The number of hydrogen-bond donors (Lipinski definition) is 1. The van der Waals surface area contributed by atoms with E-state index in [2.05, 4.69) is 6.07 Å². The molecule has 1 fully saturated rings. The summed E-state index contributed by atoms with van der Waals surface area (Å²) >= 11 is 0. The van der Waals surface area contributed by atoms with Crippen LogP contribution in [0.3, 0.4) is 0 Å². The van der Waals surface area contributed by atoms with E-state index in [1.54, 1.807) is 11.0 Å². The molecule has 0 aromatic heterocycles. The Morgan fingerprint density at radius 3 is 2.83 bits per heavy atom. The second-order valence-electron chi connectivity index (χ2n) is 7.88. The molecule has 1 saturated heterocycles. The molecule has 1 spiro atoms. The fourth-order valence-electron chi connectivity index (χ4n) is 3.91. The van der Waals surface area contributed by atoms with Crippen molar-refractivity contribution in [2.45, 2.75) is 64.2 Å². The Balaban J connectivity index is 1.83. The van der Waals surface area contributed by atoms with Gasteiger partial charge < -0.3 is 19.5 Å². The predicted molar refractivity (Wildman–Crippen MR) is 91.1 cm³/mol. The predicted octanol–water partition coefficient (Wildman–Crippen LogP) is 3.58. The van der Waals surface area contributed by atoms with E-state index in [1.807, 2.05) is 33.8 Å². The van der Waals surface area contributed by atoms with Crippen molar-refractivity contribution in [3.8, 4) is 5.75 Å². The molecule has 0 bridgehead atoms. The third kappa shape index (κ3) is 3.09. The van der Waals surface area contributed by atoms with Gasteiger partial charge in [-0.05, 0) is 52.2 Å². The number of phenolic OH excluding ortho intramolecular Hbond substituents is 1. The van der Waals surface area contributed by atoms with Crippen molar-refractivity contribution in [1.82, 2.24) is 4.90 Å². The first-order valence-corrected chi connectivity index (χ1v) is 8.67. The summed E-state index contributed by atoms with van der Waals surface area (Å²) in [7, 11) is 0. The van der Waals surface area contributed by atoms with E-state index in [-0.39, 0.29) is 12.1 Å². The van der Waals surface area contributed by atoms with Gasteiger partial charge >= 0.3 is 6.09 Å². The van der Waals surface area contributed by atoms with Crippen molar-refractivity contribution in [2.24, 2.45) is 0 Å². The molecule has 1 aromatic carbocycles. The first kappa shape index (κ1) is 17.1. The second-order valence-corrected chi connectivity index (χ2v) is 7.88. The summed E-state index contributed by atoms with van der Waals surface area (Å²) in [5.74, 6) is 0.296. The van der Waals surface area contributed by atoms with E-state index in [0.717, 1.165) is 17.5 Å². The van der Waals surface area contributed by atoms with Crippen LogP contribution in [-0.2, 0) is 21.5 Å². The van der Waals surface area contributed by atoms with Gasteiger partial charge in [0.2, 0.25) is 0 Å². The lowest BCUT2D eigenvalue weighted by molar-refractivity contribution is -0.111. The zero-order valence-corrected chi connectivity index (χ0v) is 15.0. The quantitative estimate of drug-likeness (QED) is 0.788. The fraction of sp³-hybridized carbons (Fsp3) is 0.632. The molecule has 3 rings (SSSR count). The lowest BCUT2D eigenvalue weighted by Crippen LogP contribution is -2.53. The highest BCUT2D eigenvalue weighted by Gasteiger charge is 2.46. The van der Waals surface area contributed by atoms with Gasteiger partial charge in [0.05, 0.1) is 6.61 Å². The Kier molecular flexibility index (Phi) is 4.24. The minimum absolute atomic E-state index is 0.0147. The van der Waals surface area contributed by atoms with Gasteiger partial charge in [0.15, 0.2) is 0 Å². The van der Waals surface area contributed by atoms with Crippen LogP contribution >= 0.6 is 0 Å². The number of fused-ring (bicyclic) bond motifs is 2. The first-order chi connectivity index (χ1) is 11.2. The van der Waals surface area contributed by atoms with Crippen LogP contribution in [0.2, 0.25) is 0 Å². The van der Waals surface area contributed by atoms with E-state index < -0.39 is 11.2 Å². The van der Waals surface area contributed by atoms with Crippen molar-refractivity contribution in [2.75, 3.05) is 13.2 Å². The Morgan fingerprint density at radius 2 is 2.17 bits per heavy atom. The van der Waals surface area contributed by atoms with Crippen molar-refractivity contribution < 1.29 is 19.4 Å². The third-order valence-electron chi connectivity index (χ3n) is 4.88. The Morgan fingerprint density at radius 1 is 1.42 bits per heavy atom. The maximum absolute atomic E-state index is 12.4. The highest BCUT2D eigenvalue weighted by atomic mass is 16.6. The maximum Gasteiger partial charge on any atom is 0.410 e. The van der Waals surface area contributed by atoms with E-state index in [9.17, 15) is 9.90 Å². The highest BCUT2D eigenvalue weighted by molar-refractivity contribution is 5.68. The largest absolute Gasteiger partial charge is 0.508 e. The van der Waals surface area contributed by atoms with Crippen LogP contribution in [0.15, 0.2) is 18.2 Å². The number of benzene rings is 1. The smallest absolute Gasteiger partial charge is 0.410 e. The molecule has 5 nitrogen and oxygen atoms in total. The number of aromatic hydroxyl groups is 1. The molecule has 1 N–H and O–H groups in total. The molecule has 0 radical (unpaired) electrons. The second kappa shape index (κ2) is 5.96. The molecule has 2 aliphatic heterocycles. The molecular weight excluding hydrogens is 306 g/mol.